The van der Waals surface area contributed by atoms with E-state index in [0.29, 0.717) is 19.4 Å². The number of pyridine rings is 1. The molecule has 1 aromatic carbocycles. The number of hydrogen-bond acceptors (Lipinski definition) is 4. The van der Waals surface area contributed by atoms with Crippen molar-refractivity contribution in [2.75, 3.05) is 11.9 Å². The molecule has 1 aromatic heterocycles. The summed E-state index contributed by atoms with van der Waals surface area (Å²) in [5.74, 6) is -0.514. The molecule has 1 atom stereocenters. The van der Waals surface area contributed by atoms with Crippen LogP contribution in [-0.4, -0.2) is 29.3 Å². The number of amides is 3. The summed E-state index contributed by atoms with van der Waals surface area (Å²) < 4.78 is 0. The molecule has 3 amide bonds. The van der Waals surface area contributed by atoms with Gasteiger partial charge in [-0.05, 0) is 42.2 Å². The smallest absolute Gasteiger partial charge is 0.227 e. The van der Waals surface area contributed by atoms with Crippen molar-refractivity contribution in [3.8, 4) is 0 Å². The first-order valence-electron chi connectivity index (χ1n) is 9.43. The monoisotopic (exact) mass is 380 g/mol. The molecule has 0 bridgehead atoms. The van der Waals surface area contributed by atoms with E-state index in [1.54, 1.807) is 12.4 Å². The maximum atomic E-state index is 12.2. The van der Waals surface area contributed by atoms with Crippen molar-refractivity contribution in [1.29, 1.82) is 0 Å². The second-order valence-corrected chi connectivity index (χ2v) is 6.82. The fourth-order valence-corrected chi connectivity index (χ4v) is 3.15. The molecule has 7 nitrogen and oxygen atoms in total. The van der Waals surface area contributed by atoms with Crippen LogP contribution in [0.15, 0.2) is 48.8 Å². The minimum atomic E-state index is -0.204. The third kappa shape index (κ3) is 5.64. The van der Waals surface area contributed by atoms with E-state index in [1.807, 2.05) is 36.4 Å². The lowest BCUT2D eigenvalue weighted by molar-refractivity contribution is -0.123. The van der Waals surface area contributed by atoms with Crippen LogP contribution in [0.3, 0.4) is 0 Å². The zero-order chi connectivity index (χ0) is 19.8. The first-order chi connectivity index (χ1) is 13.6. The van der Waals surface area contributed by atoms with Gasteiger partial charge in [0.05, 0.1) is 0 Å². The Balaban J connectivity index is 1.32. The first-order valence-corrected chi connectivity index (χ1v) is 9.43. The Labute approximate surface area is 163 Å². The van der Waals surface area contributed by atoms with E-state index in [0.717, 1.165) is 16.8 Å². The molecule has 0 aliphatic carbocycles. The van der Waals surface area contributed by atoms with Crippen molar-refractivity contribution in [3.63, 3.8) is 0 Å². The SMILES string of the molecule is O=C(CCC1Cc2ccccc2NC1=O)NCCC(=O)NCc1ccncc1. The molecular weight excluding hydrogens is 356 g/mol. The van der Waals surface area contributed by atoms with E-state index in [4.69, 9.17) is 0 Å². The predicted octanol–water partition coefficient (Wildman–Crippen LogP) is 1.80. The van der Waals surface area contributed by atoms with Crippen molar-refractivity contribution in [3.05, 3.63) is 59.9 Å². The molecule has 0 spiro atoms. The summed E-state index contributed by atoms with van der Waals surface area (Å²) in [5, 5.41) is 8.44. The number of rotatable bonds is 8. The van der Waals surface area contributed by atoms with Gasteiger partial charge in [0, 0.05) is 49.9 Å². The summed E-state index contributed by atoms with van der Waals surface area (Å²) in [6, 6.07) is 11.4. The Morgan fingerprint density at radius 3 is 2.61 bits per heavy atom. The summed E-state index contributed by atoms with van der Waals surface area (Å²) in [5.41, 5.74) is 2.92. The third-order valence-corrected chi connectivity index (χ3v) is 4.75. The number of carbonyl (C=O) groups is 3. The van der Waals surface area contributed by atoms with Crippen molar-refractivity contribution in [1.82, 2.24) is 15.6 Å². The fourth-order valence-electron chi connectivity index (χ4n) is 3.15. The number of para-hydroxylation sites is 1. The average molecular weight is 380 g/mol. The molecule has 1 aliphatic rings. The van der Waals surface area contributed by atoms with Gasteiger partial charge in [-0.1, -0.05) is 18.2 Å². The third-order valence-electron chi connectivity index (χ3n) is 4.75. The van der Waals surface area contributed by atoms with Gasteiger partial charge < -0.3 is 16.0 Å². The summed E-state index contributed by atoms with van der Waals surface area (Å²) in [6.45, 7) is 0.717. The second-order valence-electron chi connectivity index (χ2n) is 6.82. The van der Waals surface area contributed by atoms with Gasteiger partial charge in [0.25, 0.3) is 0 Å². The van der Waals surface area contributed by atoms with E-state index in [1.165, 1.54) is 0 Å². The van der Waals surface area contributed by atoms with Gasteiger partial charge in [-0.25, -0.2) is 0 Å². The zero-order valence-electron chi connectivity index (χ0n) is 15.6. The highest BCUT2D eigenvalue weighted by atomic mass is 16.2. The molecule has 2 heterocycles. The number of benzene rings is 1. The Morgan fingerprint density at radius 2 is 1.79 bits per heavy atom. The van der Waals surface area contributed by atoms with Crippen LogP contribution in [0.25, 0.3) is 0 Å². The van der Waals surface area contributed by atoms with Crippen LogP contribution in [-0.2, 0) is 27.3 Å². The van der Waals surface area contributed by atoms with Crippen LogP contribution in [0.5, 0.6) is 0 Å². The van der Waals surface area contributed by atoms with Crippen molar-refractivity contribution in [2.24, 2.45) is 5.92 Å². The van der Waals surface area contributed by atoms with Gasteiger partial charge in [-0.3, -0.25) is 19.4 Å². The first kappa shape index (κ1) is 19.5. The predicted molar refractivity (Wildman–Crippen MR) is 105 cm³/mol. The number of carbonyl (C=O) groups excluding carboxylic acids is 3. The number of anilines is 1. The Morgan fingerprint density at radius 1 is 1.04 bits per heavy atom. The molecule has 0 fully saturated rings. The number of fused-ring (bicyclic) bond motifs is 1. The van der Waals surface area contributed by atoms with Crippen LogP contribution in [0, 0.1) is 5.92 Å². The summed E-state index contributed by atoms with van der Waals surface area (Å²) in [6.07, 6.45) is 4.96. The van der Waals surface area contributed by atoms with Gasteiger partial charge >= 0.3 is 0 Å². The Kier molecular flexibility index (Phi) is 6.73. The van der Waals surface area contributed by atoms with E-state index in [2.05, 4.69) is 20.9 Å². The topological polar surface area (TPSA) is 100 Å². The van der Waals surface area contributed by atoms with Gasteiger partial charge in [-0.15, -0.1) is 0 Å². The summed E-state index contributed by atoms with van der Waals surface area (Å²) in [7, 11) is 0. The van der Waals surface area contributed by atoms with Gasteiger partial charge in [-0.2, -0.15) is 0 Å². The Hall–Kier alpha value is -3.22. The highest BCUT2D eigenvalue weighted by Gasteiger charge is 2.26. The molecule has 1 unspecified atom stereocenters. The maximum absolute atomic E-state index is 12.2. The molecule has 0 saturated heterocycles. The molecular formula is C21H24N4O3. The van der Waals surface area contributed by atoms with Crippen LogP contribution >= 0.6 is 0 Å². The van der Waals surface area contributed by atoms with E-state index in [9.17, 15) is 14.4 Å². The lowest BCUT2D eigenvalue weighted by Gasteiger charge is -2.24. The molecule has 0 radical (unpaired) electrons. The van der Waals surface area contributed by atoms with Crippen LogP contribution in [0.2, 0.25) is 0 Å². The molecule has 146 valence electrons. The van der Waals surface area contributed by atoms with Gasteiger partial charge in [0.15, 0.2) is 0 Å². The van der Waals surface area contributed by atoms with Crippen LogP contribution < -0.4 is 16.0 Å². The normalized spacial score (nSPS) is 15.3. The van der Waals surface area contributed by atoms with E-state index < -0.39 is 0 Å². The summed E-state index contributed by atoms with van der Waals surface area (Å²) in [4.78, 5) is 39.9. The van der Waals surface area contributed by atoms with Crippen molar-refractivity contribution >= 4 is 23.4 Å². The molecule has 28 heavy (non-hydrogen) atoms. The highest BCUT2D eigenvalue weighted by molar-refractivity contribution is 5.96. The zero-order valence-corrected chi connectivity index (χ0v) is 15.6. The molecule has 3 rings (SSSR count). The molecule has 7 heteroatoms. The highest BCUT2D eigenvalue weighted by Crippen LogP contribution is 2.27. The minimum absolute atomic E-state index is 0.0398. The van der Waals surface area contributed by atoms with E-state index in [-0.39, 0.29) is 43.0 Å². The molecule has 1 aliphatic heterocycles. The van der Waals surface area contributed by atoms with Crippen LogP contribution in [0.4, 0.5) is 5.69 Å². The van der Waals surface area contributed by atoms with Crippen molar-refractivity contribution in [2.45, 2.75) is 32.2 Å². The second kappa shape index (κ2) is 9.64. The number of nitrogens with one attached hydrogen (secondary N) is 3. The quantitative estimate of drug-likeness (QED) is 0.650. The lowest BCUT2D eigenvalue weighted by Crippen LogP contribution is -2.33. The van der Waals surface area contributed by atoms with Gasteiger partial charge in [0.1, 0.15) is 0 Å². The number of nitrogens with zero attached hydrogens (tertiary/aromatic N) is 1. The summed E-state index contributed by atoms with van der Waals surface area (Å²) >= 11 is 0. The fraction of sp³-hybridized carbons (Fsp3) is 0.333. The number of aromatic nitrogens is 1. The van der Waals surface area contributed by atoms with Crippen molar-refractivity contribution < 1.29 is 14.4 Å². The lowest BCUT2D eigenvalue weighted by atomic mass is 9.89. The largest absolute Gasteiger partial charge is 0.356 e. The molecule has 2 aromatic rings. The minimum Gasteiger partial charge on any atom is -0.356 e. The number of hydrogen-bond donors (Lipinski definition) is 3. The van der Waals surface area contributed by atoms with E-state index >= 15 is 0 Å². The van der Waals surface area contributed by atoms with Gasteiger partial charge in [0.2, 0.25) is 17.7 Å². The maximum Gasteiger partial charge on any atom is 0.227 e. The standard InChI is InChI=1S/C21H24N4O3/c26-19(23-12-9-20(27)24-14-15-7-10-22-11-8-15)6-5-17-13-16-3-1-2-4-18(16)25-21(17)28/h1-4,7-8,10-11,17H,5-6,9,12-14H2,(H,23,26)(H,24,27)(H,25,28). The average Bonchev–Trinajstić information content (AvgIpc) is 2.71. The Bertz CT molecular complexity index is 839. The molecule has 0 saturated carbocycles. The molecule has 3 N–H and O–H groups in total. The van der Waals surface area contributed by atoms with Crippen LogP contribution in [0.1, 0.15) is 30.4 Å².